The molecular weight excluding hydrogens is 160 g/mol. The third-order valence-electron chi connectivity index (χ3n) is 1.45. The first-order valence-corrected chi connectivity index (χ1v) is 3.57. The lowest BCUT2D eigenvalue weighted by atomic mass is 10.4. The number of fused-ring (bicyclic) bond motifs is 1. The van der Waals surface area contributed by atoms with Crippen molar-refractivity contribution in [3.8, 4) is 0 Å². The Morgan fingerprint density at radius 3 is 3.27 bits per heavy atom. The summed E-state index contributed by atoms with van der Waals surface area (Å²) in [5, 5.41) is 6.66. The van der Waals surface area contributed by atoms with Gasteiger partial charge in [0.05, 0.1) is 0 Å². The molecule has 2 aromatic heterocycles. The van der Waals surface area contributed by atoms with E-state index in [9.17, 15) is 0 Å². The molecule has 0 radical (unpaired) electrons. The number of nitrogens with one attached hydrogen (secondary N) is 1. The van der Waals surface area contributed by atoms with Crippen LogP contribution < -0.4 is 0 Å². The summed E-state index contributed by atoms with van der Waals surface area (Å²) in [6.45, 7) is 1.91. The molecule has 0 fully saturated rings. The summed E-state index contributed by atoms with van der Waals surface area (Å²) in [7, 11) is 0. The molecule has 0 aliphatic rings. The molecule has 5 heteroatoms. The van der Waals surface area contributed by atoms with Crippen LogP contribution in [0.3, 0.4) is 0 Å². The third-order valence-corrected chi connectivity index (χ3v) is 1.73. The second-order valence-electron chi connectivity index (χ2n) is 2.29. The number of rotatable bonds is 0. The highest BCUT2D eigenvalue weighted by Crippen LogP contribution is 1.99. The van der Waals surface area contributed by atoms with Gasteiger partial charge in [0.1, 0.15) is 6.33 Å². The molecule has 0 aliphatic carbocycles. The van der Waals surface area contributed by atoms with Crippen LogP contribution in [0.2, 0.25) is 0 Å². The van der Waals surface area contributed by atoms with E-state index in [0.717, 1.165) is 11.3 Å². The van der Waals surface area contributed by atoms with E-state index in [1.54, 1.807) is 10.7 Å². The van der Waals surface area contributed by atoms with E-state index in [-0.39, 0.29) is 0 Å². The number of aromatic amines is 1. The van der Waals surface area contributed by atoms with E-state index in [1.165, 1.54) is 0 Å². The predicted octanol–water partition coefficient (Wildman–Crippen LogP) is 1.10. The molecule has 0 amide bonds. The normalized spacial score (nSPS) is 10.6. The van der Waals surface area contributed by atoms with Gasteiger partial charge in [0, 0.05) is 11.8 Å². The van der Waals surface area contributed by atoms with Crippen molar-refractivity contribution in [3.63, 3.8) is 0 Å². The van der Waals surface area contributed by atoms with Crippen molar-refractivity contribution in [3.05, 3.63) is 22.9 Å². The maximum atomic E-state index is 4.94. The number of hydrogen-bond donors (Lipinski definition) is 1. The van der Waals surface area contributed by atoms with Crippen molar-refractivity contribution in [2.24, 2.45) is 0 Å². The average molecular weight is 166 g/mol. The van der Waals surface area contributed by atoms with Crippen LogP contribution in [0.4, 0.5) is 0 Å². The monoisotopic (exact) mass is 166 g/mol. The van der Waals surface area contributed by atoms with Crippen LogP contribution in [0.25, 0.3) is 5.65 Å². The van der Waals surface area contributed by atoms with Crippen LogP contribution in [0, 0.1) is 11.7 Å². The Morgan fingerprint density at radius 1 is 1.64 bits per heavy atom. The molecule has 0 aromatic carbocycles. The fourth-order valence-electron chi connectivity index (χ4n) is 0.903. The molecule has 0 atom stereocenters. The van der Waals surface area contributed by atoms with Crippen LogP contribution in [0.15, 0.2) is 12.4 Å². The Labute approximate surface area is 67.9 Å². The van der Waals surface area contributed by atoms with Gasteiger partial charge in [-0.15, -0.1) is 0 Å². The van der Waals surface area contributed by atoms with Crippen molar-refractivity contribution >= 4 is 17.9 Å². The maximum absolute atomic E-state index is 4.94. The van der Waals surface area contributed by atoms with Gasteiger partial charge in [0.15, 0.2) is 5.65 Å². The van der Waals surface area contributed by atoms with Gasteiger partial charge in [-0.05, 0) is 19.1 Å². The van der Waals surface area contributed by atoms with Gasteiger partial charge in [-0.3, -0.25) is 9.50 Å². The quantitative estimate of drug-likeness (QED) is 0.596. The second-order valence-corrected chi connectivity index (χ2v) is 2.67. The summed E-state index contributed by atoms with van der Waals surface area (Å²) in [6, 6.07) is 1.87. The van der Waals surface area contributed by atoms with Gasteiger partial charge < -0.3 is 0 Å². The molecule has 0 bridgehead atoms. The standard InChI is InChI=1S/C6H6N4S/c1-4-2-5-8-9-6(11)10(5)3-7-4/h2-3H,1H3,(H,9,11). The van der Waals surface area contributed by atoms with Crippen molar-refractivity contribution < 1.29 is 0 Å². The minimum absolute atomic E-state index is 0.576. The molecule has 0 spiro atoms. The fraction of sp³-hybridized carbons (Fsp3) is 0.167. The van der Waals surface area contributed by atoms with Gasteiger partial charge >= 0.3 is 0 Å². The number of aromatic nitrogens is 4. The van der Waals surface area contributed by atoms with E-state index >= 15 is 0 Å². The Hall–Kier alpha value is -1.23. The topological polar surface area (TPSA) is 46.0 Å². The van der Waals surface area contributed by atoms with Crippen molar-refractivity contribution in [1.29, 1.82) is 0 Å². The minimum atomic E-state index is 0.576. The molecule has 2 rings (SSSR count). The lowest BCUT2D eigenvalue weighted by Gasteiger charge is -1.90. The number of hydrogen-bond acceptors (Lipinski definition) is 3. The van der Waals surface area contributed by atoms with Crippen LogP contribution in [-0.2, 0) is 0 Å². The first-order chi connectivity index (χ1) is 5.27. The molecular formula is C6H6N4S. The summed E-state index contributed by atoms with van der Waals surface area (Å²) in [6.07, 6.45) is 1.66. The molecule has 56 valence electrons. The summed E-state index contributed by atoms with van der Waals surface area (Å²) >= 11 is 4.94. The summed E-state index contributed by atoms with van der Waals surface area (Å²) < 4.78 is 2.30. The lowest BCUT2D eigenvalue weighted by molar-refractivity contribution is 1.02. The Kier molecular flexibility index (Phi) is 1.25. The summed E-state index contributed by atoms with van der Waals surface area (Å²) in [4.78, 5) is 4.08. The highest BCUT2D eigenvalue weighted by atomic mass is 32.1. The number of H-pyrrole nitrogens is 1. The highest BCUT2D eigenvalue weighted by Gasteiger charge is 1.95. The zero-order valence-corrected chi connectivity index (χ0v) is 6.72. The summed E-state index contributed by atoms with van der Waals surface area (Å²) in [5.41, 5.74) is 1.74. The van der Waals surface area contributed by atoms with E-state index in [4.69, 9.17) is 12.2 Å². The SMILES string of the molecule is Cc1cc2n[nH]c(=S)n2cn1. The van der Waals surface area contributed by atoms with Gasteiger partial charge in [-0.1, -0.05) is 0 Å². The van der Waals surface area contributed by atoms with Crippen molar-refractivity contribution in [1.82, 2.24) is 19.6 Å². The molecule has 4 nitrogen and oxygen atoms in total. The fourth-order valence-corrected chi connectivity index (χ4v) is 1.09. The molecule has 1 N–H and O–H groups in total. The van der Waals surface area contributed by atoms with Gasteiger partial charge in [0.2, 0.25) is 4.77 Å². The molecule has 2 heterocycles. The molecule has 0 saturated carbocycles. The van der Waals surface area contributed by atoms with Crippen LogP contribution in [0.5, 0.6) is 0 Å². The molecule has 11 heavy (non-hydrogen) atoms. The van der Waals surface area contributed by atoms with Crippen molar-refractivity contribution in [2.45, 2.75) is 6.92 Å². The van der Waals surface area contributed by atoms with Crippen LogP contribution >= 0.6 is 12.2 Å². The Morgan fingerprint density at radius 2 is 2.45 bits per heavy atom. The van der Waals surface area contributed by atoms with Gasteiger partial charge in [0.25, 0.3) is 0 Å². The van der Waals surface area contributed by atoms with E-state index < -0.39 is 0 Å². The Balaban J connectivity index is 2.97. The maximum Gasteiger partial charge on any atom is 0.200 e. The zero-order chi connectivity index (χ0) is 7.84. The minimum Gasteiger partial charge on any atom is -0.258 e. The van der Waals surface area contributed by atoms with Crippen LogP contribution in [-0.4, -0.2) is 19.6 Å². The number of aryl methyl sites for hydroxylation is 1. The second kappa shape index (κ2) is 2.13. The molecule has 0 aliphatic heterocycles. The molecule has 0 saturated heterocycles. The third kappa shape index (κ3) is 0.932. The molecule has 2 aromatic rings. The smallest absolute Gasteiger partial charge is 0.200 e. The van der Waals surface area contributed by atoms with E-state index in [0.29, 0.717) is 4.77 Å². The van der Waals surface area contributed by atoms with Gasteiger partial charge in [-0.2, -0.15) is 5.10 Å². The summed E-state index contributed by atoms with van der Waals surface area (Å²) in [5.74, 6) is 0. The number of nitrogens with zero attached hydrogens (tertiary/aromatic N) is 3. The van der Waals surface area contributed by atoms with E-state index in [1.807, 2.05) is 13.0 Å². The van der Waals surface area contributed by atoms with Crippen LogP contribution in [0.1, 0.15) is 5.69 Å². The first kappa shape index (κ1) is 6.48. The highest BCUT2D eigenvalue weighted by molar-refractivity contribution is 7.71. The van der Waals surface area contributed by atoms with Gasteiger partial charge in [-0.25, -0.2) is 4.98 Å². The van der Waals surface area contributed by atoms with Crippen molar-refractivity contribution in [2.75, 3.05) is 0 Å². The first-order valence-electron chi connectivity index (χ1n) is 3.17. The Bertz CT molecular complexity index is 441. The average Bonchev–Trinajstić information content (AvgIpc) is 2.32. The molecule has 0 unspecified atom stereocenters. The zero-order valence-electron chi connectivity index (χ0n) is 5.90. The lowest BCUT2D eigenvalue weighted by Crippen LogP contribution is -1.88. The largest absolute Gasteiger partial charge is 0.258 e. The predicted molar refractivity (Wildman–Crippen MR) is 42.9 cm³/mol. The van der Waals surface area contributed by atoms with E-state index in [2.05, 4.69) is 15.2 Å².